The van der Waals surface area contributed by atoms with E-state index in [4.69, 9.17) is 9.72 Å². The van der Waals surface area contributed by atoms with Crippen molar-refractivity contribution >= 4 is 40.9 Å². The number of pyridine rings is 2. The van der Waals surface area contributed by atoms with E-state index in [1.54, 1.807) is 21.8 Å². The lowest BCUT2D eigenvalue weighted by molar-refractivity contribution is -0.137. The molecule has 76 heavy (non-hydrogen) atoms. The zero-order valence-electron chi connectivity index (χ0n) is 43.0. The number of likely N-dealkylation sites (tertiary alicyclic amines) is 2. The molecule has 0 radical (unpaired) electrons. The second kappa shape index (κ2) is 21.0. The summed E-state index contributed by atoms with van der Waals surface area (Å²) in [6.07, 6.45) is 15.3. The molecule has 5 aromatic rings. The van der Waals surface area contributed by atoms with Gasteiger partial charge in [0.05, 0.1) is 41.2 Å². The Bertz CT molecular complexity index is 3100. The van der Waals surface area contributed by atoms with Crippen LogP contribution in [0, 0.1) is 34.3 Å². The fourth-order valence-electron chi connectivity index (χ4n) is 13.1. The van der Waals surface area contributed by atoms with Gasteiger partial charge in [0, 0.05) is 75.0 Å². The number of fused-ring (bicyclic) bond motifs is 2. The fourth-order valence-corrected chi connectivity index (χ4v) is 13.1. The summed E-state index contributed by atoms with van der Waals surface area (Å²) >= 11 is 0. The Morgan fingerprint density at radius 1 is 0.868 bits per heavy atom. The summed E-state index contributed by atoms with van der Waals surface area (Å²) in [5.41, 5.74) is 4.56. The van der Waals surface area contributed by atoms with Crippen LogP contribution >= 0.6 is 0 Å². The number of amides is 5. The number of carbonyl (C=O) groups excluding carboxylic acids is 5. The summed E-state index contributed by atoms with van der Waals surface area (Å²) in [5, 5.41) is 19.8. The normalized spacial score (nSPS) is 21.2. The molecule has 1 atom stereocenters. The fraction of sp³-hybridized carbons (Fsp3) is 0.483. The topological polar surface area (TPSA) is 186 Å². The smallest absolute Gasteiger partial charge is 0.255 e. The lowest BCUT2D eigenvalue weighted by Crippen LogP contribution is -2.61. The van der Waals surface area contributed by atoms with E-state index in [1.807, 2.05) is 42.2 Å². The van der Waals surface area contributed by atoms with Gasteiger partial charge >= 0.3 is 0 Å². The molecule has 0 bridgehead atoms. The van der Waals surface area contributed by atoms with Crippen molar-refractivity contribution in [1.29, 1.82) is 5.26 Å². The summed E-state index contributed by atoms with van der Waals surface area (Å²) in [7, 11) is 0. The van der Waals surface area contributed by atoms with Gasteiger partial charge in [0.1, 0.15) is 35.3 Å². The van der Waals surface area contributed by atoms with Crippen LogP contribution in [-0.2, 0) is 20.9 Å². The highest BCUT2D eigenvalue weighted by Gasteiger charge is 2.44. The first-order chi connectivity index (χ1) is 36.8. The van der Waals surface area contributed by atoms with E-state index >= 15 is 4.39 Å². The Morgan fingerprint density at radius 3 is 2.36 bits per heavy atom. The first-order valence-electron chi connectivity index (χ1n) is 27.1. The second-order valence-electron chi connectivity index (χ2n) is 22.1. The first-order valence-corrected chi connectivity index (χ1v) is 27.1. The molecule has 5 fully saturated rings. The van der Waals surface area contributed by atoms with Gasteiger partial charge in [-0.25, -0.2) is 18.3 Å². The lowest BCUT2D eigenvalue weighted by atomic mass is 9.65. The van der Waals surface area contributed by atoms with Crippen molar-refractivity contribution in [3.63, 3.8) is 0 Å². The zero-order valence-corrected chi connectivity index (χ0v) is 43.0. The Morgan fingerprint density at radius 2 is 1.64 bits per heavy atom. The molecule has 1 aliphatic carbocycles. The summed E-state index contributed by atoms with van der Waals surface area (Å²) in [5.74, 6) is -0.715. The molecule has 8 heterocycles. The highest BCUT2D eigenvalue weighted by Crippen LogP contribution is 2.48. The molecule has 16 nitrogen and oxygen atoms in total. The third-order valence-electron chi connectivity index (χ3n) is 17.6. The van der Waals surface area contributed by atoms with Crippen molar-refractivity contribution in [2.75, 3.05) is 57.3 Å². The number of piperidine rings is 4. The molecule has 11 rings (SSSR count). The number of rotatable bonds is 12. The molecule has 2 aromatic carbocycles. The van der Waals surface area contributed by atoms with Crippen molar-refractivity contribution in [3.05, 3.63) is 113 Å². The van der Waals surface area contributed by atoms with Crippen molar-refractivity contribution in [2.45, 2.75) is 114 Å². The predicted molar refractivity (Wildman–Crippen MR) is 278 cm³/mol. The maximum Gasteiger partial charge on any atom is 0.255 e. The van der Waals surface area contributed by atoms with Gasteiger partial charge in [0.2, 0.25) is 17.7 Å². The highest BCUT2D eigenvalue weighted by molar-refractivity contribution is 6.05. The van der Waals surface area contributed by atoms with Crippen LogP contribution < -0.4 is 20.3 Å². The second-order valence-corrected chi connectivity index (χ2v) is 22.1. The molecule has 18 heteroatoms. The van der Waals surface area contributed by atoms with E-state index in [0.29, 0.717) is 99.9 Å². The molecular weight excluding hydrogens is 971 g/mol. The minimum absolute atomic E-state index is 0.172. The molecular formula is C58H64F2N10O6. The number of hydrogen-bond donors (Lipinski definition) is 2. The number of aromatic nitrogens is 3. The van der Waals surface area contributed by atoms with Crippen LogP contribution in [0.3, 0.4) is 0 Å². The van der Waals surface area contributed by atoms with E-state index < -0.39 is 35.0 Å². The lowest BCUT2D eigenvalue weighted by Gasteiger charge is -2.50. The van der Waals surface area contributed by atoms with Crippen LogP contribution in [-0.4, -0.2) is 123 Å². The van der Waals surface area contributed by atoms with E-state index in [-0.39, 0.29) is 41.0 Å². The number of ether oxygens (including phenoxy) is 1. The van der Waals surface area contributed by atoms with Gasteiger partial charge < -0.3 is 29.7 Å². The molecule has 3 aromatic heterocycles. The number of imide groups is 1. The van der Waals surface area contributed by atoms with Gasteiger partial charge in [-0.1, -0.05) is 12.1 Å². The number of carbonyl (C=O) groups is 5. The first kappa shape index (κ1) is 50.9. The number of benzene rings is 2. The van der Waals surface area contributed by atoms with Gasteiger partial charge in [-0.15, -0.1) is 0 Å². The summed E-state index contributed by atoms with van der Waals surface area (Å²) < 4.78 is 36.8. The zero-order chi connectivity index (χ0) is 52.7. The molecule has 5 aliphatic heterocycles. The molecule has 5 amide bonds. The standard InChI is InChI=1S/C58H64F2N10O6/c1-2-76-44-30-46(53-42(31-61)33-63-70(53)35-44)40-4-9-50(62-32-40)67-25-19-58(20-26-67,65-54(73)47-29-43(59)5-7-48(47)60)36-66-23-17-57(18-24-66)15-11-37(12-16-57)27-52(72)68-21-13-38(14-22-68)39-3-6-45-41(28-39)34-69(56(45)75)49-8-10-51(71)64-55(49)74/h3-7,9,28-30,32-33,35,37-38,49H,2,8,10-27,34,36H2,1H3,(H,65,73)(H,64,71,74). The van der Waals surface area contributed by atoms with E-state index in [9.17, 15) is 33.6 Å². The van der Waals surface area contributed by atoms with Gasteiger partial charge in [-0.05, 0) is 161 Å². The average Bonchev–Trinajstić information content (AvgIpc) is 4.03. The SMILES string of the molecule is CCOc1cc(-c2ccc(N3CCC(CN4CCC5(CCC(CC(=O)N6CCC(c7ccc8c(c7)CN(C7CCC(=O)NC7=O)C8=O)CC6)CC5)CC4)(NC(=O)c4cc(F)ccc4F)CC3)nc2)c2c(C#N)cnn2c1. The number of hydrogen-bond acceptors (Lipinski definition) is 11. The third-order valence-corrected chi connectivity index (χ3v) is 17.6. The minimum Gasteiger partial charge on any atom is -0.492 e. The van der Waals surface area contributed by atoms with Crippen molar-refractivity contribution in [1.82, 2.24) is 39.9 Å². The van der Waals surface area contributed by atoms with Crippen molar-refractivity contribution < 1.29 is 37.5 Å². The number of nitrogens with zero attached hydrogens (tertiary/aromatic N) is 8. The number of anilines is 1. The van der Waals surface area contributed by atoms with Crippen molar-refractivity contribution in [3.8, 4) is 22.9 Å². The van der Waals surface area contributed by atoms with Crippen LogP contribution in [0.1, 0.15) is 134 Å². The van der Waals surface area contributed by atoms with Gasteiger partial charge in [0.15, 0.2) is 0 Å². The molecule has 1 spiro atoms. The molecule has 6 aliphatic rings. The van der Waals surface area contributed by atoms with E-state index in [2.05, 4.69) is 37.7 Å². The van der Waals surface area contributed by atoms with E-state index in [1.165, 1.54) is 6.20 Å². The van der Waals surface area contributed by atoms with Crippen LogP contribution in [0.2, 0.25) is 0 Å². The monoisotopic (exact) mass is 1030 g/mol. The molecule has 1 saturated carbocycles. The molecule has 4 saturated heterocycles. The molecule has 1 unspecified atom stereocenters. The maximum absolute atomic E-state index is 15.0. The van der Waals surface area contributed by atoms with Gasteiger partial charge in [-0.3, -0.25) is 29.3 Å². The quantitative estimate of drug-likeness (QED) is 0.118. The Kier molecular flexibility index (Phi) is 14.1. The van der Waals surface area contributed by atoms with Crippen LogP contribution in [0.15, 0.2) is 73.2 Å². The van der Waals surface area contributed by atoms with Crippen LogP contribution in [0.5, 0.6) is 5.75 Å². The van der Waals surface area contributed by atoms with Crippen LogP contribution in [0.4, 0.5) is 14.6 Å². The minimum atomic E-state index is -0.769. The summed E-state index contributed by atoms with van der Waals surface area (Å²) in [6.45, 7) is 7.57. The molecule has 2 N–H and O–H groups in total. The number of halogens is 2. The maximum atomic E-state index is 15.0. The highest BCUT2D eigenvalue weighted by atomic mass is 19.1. The molecule has 396 valence electrons. The Hall–Kier alpha value is -7.26. The summed E-state index contributed by atoms with van der Waals surface area (Å²) in [4.78, 5) is 78.2. The van der Waals surface area contributed by atoms with Crippen LogP contribution in [0.25, 0.3) is 16.6 Å². The van der Waals surface area contributed by atoms with Gasteiger partial charge in [-0.2, -0.15) is 10.4 Å². The largest absolute Gasteiger partial charge is 0.492 e. The van der Waals surface area contributed by atoms with Crippen molar-refractivity contribution in [2.24, 2.45) is 11.3 Å². The Labute approximate surface area is 440 Å². The third kappa shape index (κ3) is 10.3. The number of nitrogens with one attached hydrogen (secondary N) is 2. The Balaban J connectivity index is 0.676. The predicted octanol–water partition coefficient (Wildman–Crippen LogP) is 7.54. The van der Waals surface area contributed by atoms with E-state index in [0.717, 1.165) is 111 Å². The average molecular weight is 1040 g/mol. The number of nitriles is 1. The van der Waals surface area contributed by atoms with Gasteiger partial charge in [0.25, 0.3) is 11.8 Å². The summed E-state index contributed by atoms with van der Waals surface area (Å²) in [6, 6.07) is 16.4.